The summed E-state index contributed by atoms with van der Waals surface area (Å²) in [6.07, 6.45) is 3.58. The molecule has 0 saturated carbocycles. The maximum atomic E-state index is 12.7. The van der Waals surface area contributed by atoms with Crippen molar-refractivity contribution in [3.63, 3.8) is 0 Å². The van der Waals surface area contributed by atoms with Crippen LogP contribution in [0.1, 0.15) is 38.3 Å². The van der Waals surface area contributed by atoms with Gasteiger partial charge in [-0.3, -0.25) is 9.59 Å². The third-order valence-corrected chi connectivity index (χ3v) is 9.23. The first kappa shape index (κ1) is 34.2. The molecule has 254 valence electrons. The minimum absolute atomic E-state index is 0.164. The smallest absolute Gasteiger partial charge is 0.407 e. The van der Waals surface area contributed by atoms with Gasteiger partial charge in [0.05, 0.1) is 71.5 Å². The first-order chi connectivity index (χ1) is 23.2. The van der Waals surface area contributed by atoms with E-state index in [0.717, 1.165) is 54.7 Å². The van der Waals surface area contributed by atoms with Gasteiger partial charge in [-0.15, -0.1) is 22.7 Å². The molecule has 0 aliphatic carbocycles. The Morgan fingerprint density at radius 3 is 1.52 bits per heavy atom. The molecule has 5 aromatic rings. The first-order valence-corrected chi connectivity index (χ1v) is 16.8. The highest BCUT2D eigenvalue weighted by molar-refractivity contribution is 7.23. The highest BCUT2D eigenvalue weighted by Crippen LogP contribution is 2.36. The van der Waals surface area contributed by atoms with Crippen LogP contribution >= 0.6 is 22.7 Å². The molecule has 0 spiro atoms. The zero-order chi connectivity index (χ0) is 34.2. The topological polar surface area (TPSA) is 200 Å². The van der Waals surface area contributed by atoms with Crippen LogP contribution in [0.2, 0.25) is 0 Å². The fourth-order valence-electron chi connectivity index (χ4n) is 4.83. The summed E-state index contributed by atoms with van der Waals surface area (Å²) in [7, 11) is 2.49. The molecule has 0 aliphatic heterocycles. The fourth-order valence-corrected chi connectivity index (χ4v) is 6.72. The van der Waals surface area contributed by atoms with Gasteiger partial charge in [0.2, 0.25) is 11.8 Å². The molecule has 0 saturated heterocycles. The van der Waals surface area contributed by atoms with Gasteiger partial charge in [0.15, 0.2) is 0 Å². The number of imidazole rings is 2. The number of nitrogens with one attached hydrogen (secondary N) is 4. The van der Waals surface area contributed by atoms with Crippen LogP contribution in [0.4, 0.5) is 9.59 Å². The summed E-state index contributed by atoms with van der Waals surface area (Å²) in [6.45, 7) is 5.16. The van der Waals surface area contributed by atoms with Crippen LogP contribution in [0.15, 0.2) is 24.5 Å². The van der Waals surface area contributed by atoms with Crippen molar-refractivity contribution >= 4 is 67.1 Å². The highest BCUT2D eigenvalue weighted by atomic mass is 32.1. The number of aromatic nitrogens is 6. The minimum atomic E-state index is -0.662. The highest BCUT2D eigenvalue weighted by Gasteiger charge is 2.20. The number of methoxy groups -OCH3 is 2. The second-order valence-corrected chi connectivity index (χ2v) is 12.7. The molecular weight excluding hydrogens is 661 g/mol. The zero-order valence-electron chi connectivity index (χ0n) is 26.9. The number of hydrogen-bond acceptors (Lipinski definition) is 12. The molecule has 5 rings (SSSR count). The molecule has 4 heterocycles. The maximum Gasteiger partial charge on any atom is 0.407 e. The molecule has 0 radical (unpaired) electrons. The molecule has 1 aromatic carbocycles. The molecule has 0 fully saturated rings. The summed E-state index contributed by atoms with van der Waals surface area (Å²) in [5.74, 6) is 0.736. The van der Waals surface area contributed by atoms with E-state index < -0.39 is 12.2 Å². The predicted octanol–water partition coefficient (Wildman–Crippen LogP) is 3.88. The van der Waals surface area contributed by atoms with E-state index in [4.69, 9.17) is 9.97 Å². The molecule has 4 aromatic heterocycles. The van der Waals surface area contributed by atoms with Crippen molar-refractivity contribution in [2.75, 3.05) is 40.4 Å². The summed E-state index contributed by atoms with van der Waals surface area (Å²) in [4.78, 5) is 76.5. The van der Waals surface area contributed by atoms with Crippen LogP contribution in [0.5, 0.6) is 0 Å². The normalized spacial score (nSPS) is 11.1. The lowest BCUT2D eigenvalue weighted by Crippen LogP contribution is -2.40. The van der Waals surface area contributed by atoms with E-state index >= 15 is 0 Å². The van der Waals surface area contributed by atoms with Crippen LogP contribution in [-0.2, 0) is 32.2 Å². The second kappa shape index (κ2) is 15.7. The average Bonchev–Trinajstić information content (AvgIpc) is 3.90. The third kappa shape index (κ3) is 8.24. The Balaban J connectivity index is 1.27. The van der Waals surface area contributed by atoms with Crippen LogP contribution in [0, 0.1) is 0 Å². The third-order valence-electron chi connectivity index (χ3n) is 7.13. The van der Waals surface area contributed by atoms with Crippen LogP contribution < -0.4 is 10.6 Å². The van der Waals surface area contributed by atoms with E-state index in [0.29, 0.717) is 24.7 Å². The van der Waals surface area contributed by atoms with E-state index in [-0.39, 0.29) is 38.0 Å². The quantitative estimate of drug-likeness (QED) is 0.132. The Labute approximate surface area is 283 Å². The van der Waals surface area contributed by atoms with Gasteiger partial charge in [-0.05, 0) is 25.0 Å². The number of hydrogen-bond donors (Lipinski definition) is 4. The molecule has 0 atom stereocenters. The number of carbonyl (C=O) groups excluding carboxylic acids is 4. The Hall–Kier alpha value is -5.10. The summed E-state index contributed by atoms with van der Waals surface area (Å²) < 4.78 is 11.0. The lowest BCUT2D eigenvalue weighted by Gasteiger charge is -2.21. The first-order valence-electron chi connectivity index (χ1n) is 15.2. The second-order valence-electron chi connectivity index (χ2n) is 10.6. The van der Waals surface area contributed by atoms with E-state index in [9.17, 15) is 19.2 Å². The van der Waals surface area contributed by atoms with Crippen LogP contribution in [0.3, 0.4) is 0 Å². The van der Waals surface area contributed by atoms with Crippen molar-refractivity contribution in [1.29, 1.82) is 0 Å². The van der Waals surface area contributed by atoms with Crippen molar-refractivity contribution in [1.82, 2.24) is 50.3 Å². The Bertz CT molecular complexity index is 1730. The SMILES string of the molecule is CCCN(Cc1ncc(-c2nc3cc4sc(-c5cnc(CN(CCC)C(=O)CNC(=O)OC)[nH]5)nc4cc3s2)[nH]1)C(=O)CNC(=O)OC. The standard InChI is InChI=1S/C30H36N10O6S2/c1-5-7-39(25(41)13-33-29(43)45-3)15-23-31-11-19(35-23)27-37-17-9-22-18(10-21(17)47-27)38-28(48-22)20-12-32-24(36-20)16-40(8-6-2)26(42)14-34-30(44)46-4/h9-12H,5-8,13-16H2,1-4H3,(H,31,35)(H,32,36)(H,33,43)(H,34,44). The molecule has 4 amide bonds. The number of H-pyrrole nitrogens is 2. The number of thiazole rings is 2. The number of rotatable bonds is 14. The predicted molar refractivity (Wildman–Crippen MR) is 180 cm³/mol. The lowest BCUT2D eigenvalue weighted by atomic mass is 10.3. The van der Waals surface area contributed by atoms with Crippen molar-refractivity contribution in [3.8, 4) is 21.4 Å². The van der Waals surface area contributed by atoms with Gasteiger partial charge in [-0.2, -0.15) is 0 Å². The van der Waals surface area contributed by atoms with Crippen LogP contribution in [-0.4, -0.2) is 104 Å². The number of aromatic amines is 2. The zero-order valence-corrected chi connectivity index (χ0v) is 28.5. The molecule has 4 N–H and O–H groups in total. The largest absolute Gasteiger partial charge is 0.453 e. The monoisotopic (exact) mass is 696 g/mol. The fraction of sp³-hybridized carbons (Fsp3) is 0.400. The van der Waals surface area contributed by atoms with E-state index in [1.165, 1.54) is 36.9 Å². The average molecular weight is 697 g/mol. The van der Waals surface area contributed by atoms with E-state index in [1.54, 1.807) is 22.2 Å². The number of carbonyl (C=O) groups is 4. The van der Waals surface area contributed by atoms with Crippen molar-refractivity contribution in [3.05, 3.63) is 36.2 Å². The minimum Gasteiger partial charge on any atom is -0.453 e. The summed E-state index contributed by atoms with van der Waals surface area (Å²) >= 11 is 3.01. The number of alkyl carbamates (subject to hydrolysis) is 2. The number of benzene rings is 1. The summed E-state index contributed by atoms with van der Waals surface area (Å²) in [5.41, 5.74) is 3.12. The molecule has 0 unspecified atom stereocenters. The van der Waals surface area contributed by atoms with E-state index in [2.05, 4.69) is 40.0 Å². The maximum absolute atomic E-state index is 12.7. The van der Waals surface area contributed by atoms with Gasteiger partial charge in [0.1, 0.15) is 34.8 Å². The van der Waals surface area contributed by atoms with Crippen molar-refractivity contribution in [2.45, 2.75) is 39.8 Å². The Morgan fingerprint density at radius 2 is 1.15 bits per heavy atom. The lowest BCUT2D eigenvalue weighted by molar-refractivity contribution is -0.131. The van der Waals surface area contributed by atoms with Crippen molar-refractivity contribution < 1.29 is 28.7 Å². The summed E-state index contributed by atoms with van der Waals surface area (Å²) in [5, 5.41) is 6.36. The van der Waals surface area contributed by atoms with E-state index in [1.807, 2.05) is 26.0 Å². The molecular formula is C30H36N10O6S2. The molecule has 48 heavy (non-hydrogen) atoms. The molecule has 0 aliphatic rings. The number of ether oxygens (including phenoxy) is 2. The number of amides is 4. The van der Waals surface area contributed by atoms with Gasteiger partial charge in [0.25, 0.3) is 0 Å². The molecule has 18 heteroatoms. The van der Waals surface area contributed by atoms with Gasteiger partial charge < -0.3 is 39.9 Å². The van der Waals surface area contributed by atoms with Gasteiger partial charge in [0, 0.05) is 13.1 Å². The van der Waals surface area contributed by atoms with Gasteiger partial charge >= 0.3 is 12.2 Å². The van der Waals surface area contributed by atoms with Crippen LogP contribution in [0.25, 0.3) is 41.8 Å². The van der Waals surface area contributed by atoms with Gasteiger partial charge in [-0.25, -0.2) is 29.5 Å². The number of fused-ring (bicyclic) bond motifs is 2. The number of nitrogens with zero attached hydrogens (tertiary/aromatic N) is 6. The molecule has 16 nitrogen and oxygen atoms in total. The Morgan fingerprint density at radius 1 is 0.729 bits per heavy atom. The molecule has 0 bridgehead atoms. The van der Waals surface area contributed by atoms with Crippen molar-refractivity contribution in [2.24, 2.45) is 0 Å². The Kier molecular flexibility index (Phi) is 11.2. The van der Waals surface area contributed by atoms with Gasteiger partial charge in [-0.1, -0.05) is 13.8 Å². The summed E-state index contributed by atoms with van der Waals surface area (Å²) in [6, 6.07) is 4.01.